The Labute approximate surface area is 156 Å². The summed E-state index contributed by atoms with van der Waals surface area (Å²) in [4.78, 5) is 0.0104. The van der Waals surface area contributed by atoms with Crippen LogP contribution in [0.1, 0.15) is 6.92 Å². The van der Waals surface area contributed by atoms with E-state index in [0.29, 0.717) is 22.4 Å². The largest absolute Gasteiger partial charge is 0.494 e. The van der Waals surface area contributed by atoms with Gasteiger partial charge in [0.1, 0.15) is 5.69 Å². The predicted octanol–water partition coefficient (Wildman–Crippen LogP) is 3.50. The van der Waals surface area contributed by atoms with E-state index in [9.17, 15) is 12.8 Å². The number of aromatic nitrogens is 2. The fraction of sp³-hybridized carbons (Fsp3) is 0.105. The molecule has 0 aliphatic heterocycles. The molecule has 0 aliphatic carbocycles. The molecule has 140 valence electrons. The fourth-order valence-electron chi connectivity index (χ4n) is 2.68. The number of hydrogen-bond acceptors (Lipinski definition) is 4. The Hall–Kier alpha value is -2.97. The predicted molar refractivity (Wildman–Crippen MR) is 102 cm³/mol. The van der Waals surface area contributed by atoms with Crippen LogP contribution in [-0.4, -0.2) is 25.3 Å². The van der Waals surface area contributed by atoms with E-state index in [1.165, 1.54) is 25.3 Å². The van der Waals surface area contributed by atoms with Gasteiger partial charge in [-0.15, -0.1) is 0 Å². The van der Waals surface area contributed by atoms with Crippen molar-refractivity contribution in [1.82, 2.24) is 9.78 Å². The molecule has 2 aromatic carbocycles. The van der Waals surface area contributed by atoms with E-state index in [-0.39, 0.29) is 10.6 Å². The Morgan fingerprint density at radius 3 is 2.37 bits per heavy atom. The molecule has 3 aromatic rings. The van der Waals surface area contributed by atoms with Crippen molar-refractivity contribution < 1.29 is 17.5 Å². The Morgan fingerprint density at radius 1 is 1.15 bits per heavy atom. The van der Waals surface area contributed by atoms with Crippen LogP contribution in [0.2, 0.25) is 0 Å². The quantitative estimate of drug-likeness (QED) is 0.726. The molecule has 1 heterocycles. The van der Waals surface area contributed by atoms with Gasteiger partial charge in [-0.3, -0.25) is 0 Å². The van der Waals surface area contributed by atoms with Gasteiger partial charge in [-0.1, -0.05) is 24.3 Å². The molecule has 1 aromatic heterocycles. The lowest BCUT2D eigenvalue weighted by atomic mass is 10.0. The van der Waals surface area contributed by atoms with Crippen LogP contribution in [0.5, 0.6) is 5.75 Å². The van der Waals surface area contributed by atoms with Crippen molar-refractivity contribution in [3.63, 3.8) is 0 Å². The van der Waals surface area contributed by atoms with Crippen LogP contribution in [0, 0.1) is 5.82 Å². The number of methoxy groups -OCH3 is 1. The lowest BCUT2D eigenvalue weighted by Gasteiger charge is -2.06. The summed E-state index contributed by atoms with van der Waals surface area (Å²) >= 11 is 0. The average molecular weight is 387 g/mol. The van der Waals surface area contributed by atoms with Crippen molar-refractivity contribution in [3.05, 3.63) is 60.6 Å². The lowest BCUT2D eigenvalue weighted by Crippen LogP contribution is -2.11. The molecule has 6 nitrogen and oxygen atoms in total. The maximum absolute atomic E-state index is 14.2. The van der Waals surface area contributed by atoms with Gasteiger partial charge in [-0.25, -0.2) is 22.6 Å². The van der Waals surface area contributed by atoms with E-state index in [2.05, 4.69) is 5.10 Å². The van der Waals surface area contributed by atoms with E-state index < -0.39 is 15.8 Å². The first-order valence-electron chi connectivity index (χ1n) is 8.02. The number of hydrogen-bond donors (Lipinski definition) is 1. The summed E-state index contributed by atoms with van der Waals surface area (Å²) in [5, 5.41) is 9.65. The van der Waals surface area contributed by atoms with Crippen molar-refractivity contribution >= 4 is 16.2 Å². The molecule has 0 fully saturated rings. The second-order valence-electron chi connectivity index (χ2n) is 5.77. The first-order valence-corrected chi connectivity index (χ1v) is 9.57. The topological polar surface area (TPSA) is 87.2 Å². The maximum atomic E-state index is 14.2. The van der Waals surface area contributed by atoms with Crippen molar-refractivity contribution in [2.24, 2.45) is 5.14 Å². The molecule has 0 bridgehead atoms. The summed E-state index contributed by atoms with van der Waals surface area (Å²) in [7, 11) is -2.38. The number of halogens is 1. The molecular formula is C19H18FN3O3S. The number of rotatable bonds is 5. The Morgan fingerprint density at radius 2 is 1.81 bits per heavy atom. The van der Waals surface area contributed by atoms with Crippen molar-refractivity contribution in [2.45, 2.75) is 11.8 Å². The minimum absolute atomic E-state index is 0.0104. The minimum atomic E-state index is -3.78. The molecule has 0 aliphatic rings. The van der Waals surface area contributed by atoms with Crippen LogP contribution in [0.3, 0.4) is 0 Å². The normalized spacial score (nSPS) is 11.9. The maximum Gasteiger partial charge on any atom is 0.238 e. The van der Waals surface area contributed by atoms with Crippen molar-refractivity contribution in [2.75, 3.05) is 7.11 Å². The summed E-state index contributed by atoms with van der Waals surface area (Å²) in [6.07, 6.45) is 5.34. The Bertz CT molecular complexity index is 1100. The van der Waals surface area contributed by atoms with Gasteiger partial charge in [0.05, 0.1) is 12.0 Å². The molecule has 8 heteroatoms. The van der Waals surface area contributed by atoms with Gasteiger partial charge >= 0.3 is 0 Å². The molecule has 0 unspecified atom stereocenters. The Kier molecular flexibility index (Phi) is 5.11. The second-order valence-corrected chi connectivity index (χ2v) is 7.33. The summed E-state index contributed by atoms with van der Waals surface area (Å²) in [5.41, 5.74) is 2.57. The number of nitrogens with two attached hydrogens (primary N) is 1. The van der Waals surface area contributed by atoms with Crippen LogP contribution in [0.25, 0.3) is 28.6 Å². The highest BCUT2D eigenvalue weighted by atomic mass is 32.2. The molecule has 0 amide bonds. The number of primary sulfonamides is 1. The van der Waals surface area contributed by atoms with E-state index in [1.807, 2.05) is 13.0 Å². The van der Waals surface area contributed by atoms with E-state index >= 15 is 0 Å². The molecule has 2 N–H and O–H groups in total. The van der Waals surface area contributed by atoms with Gasteiger partial charge in [0.15, 0.2) is 11.6 Å². The SMILES string of the molecule is CC=Cn1cc(-c2ccc(OC)c(F)c2)c(-c2ccc(S(N)(=O)=O)cc2)n1. The minimum Gasteiger partial charge on any atom is -0.494 e. The molecule has 27 heavy (non-hydrogen) atoms. The van der Waals surface area contributed by atoms with Crippen LogP contribution in [0.15, 0.2) is 59.6 Å². The summed E-state index contributed by atoms with van der Waals surface area (Å²) in [6.45, 7) is 1.86. The summed E-state index contributed by atoms with van der Waals surface area (Å²) < 4.78 is 43.6. The molecule has 0 radical (unpaired) electrons. The van der Waals surface area contributed by atoms with Gasteiger partial charge in [-0.05, 0) is 36.8 Å². The second kappa shape index (κ2) is 7.34. The van der Waals surface area contributed by atoms with Crippen LogP contribution in [-0.2, 0) is 10.0 Å². The van der Waals surface area contributed by atoms with E-state index in [0.717, 1.165) is 0 Å². The smallest absolute Gasteiger partial charge is 0.238 e. The average Bonchev–Trinajstić information content (AvgIpc) is 3.05. The van der Waals surface area contributed by atoms with Gasteiger partial charge in [0.2, 0.25) is 10.0 Å². The molecule has 0 atom stereocenters. The van der Waals surface area contributed by atoms with E-state index in [1.54, 1.807) is 41.3 Å². The standard InChI is InChI=1S/C19H18FN3O3S/c1-3-10-23-12-16(14-6-9-18(26-2)17(20)11-14)19(22-23)13-4-7-15(8-5-13)27(21,24)25/h3-12H,1-2H3,(H2,21,24,25). The zero-order chi connectivity index (χ0) is 19.6. The molecule has 0 saturated carbocycles. The third-order valence-electron chi connectivity index (χ3n) is 3.95. The van der Waals surface area contributed by atoms with Crippen molar-refractivity contribution in [3.8, 4) is 28.1 Å². The highest BCUT2D eigenvalue weighted by Gasteiger charge is 2.16. The monoisotopic (exact) mass is 387 g/mol. The first kappa shape index (κ1) is 18.8. The highest BCUT2D eigenvalue weighted by Crippen LogP contribution is 2.33. The Balaban J connectivity index is 2.14. The highest BCUT2D eigenvalue weighted by molar-refractivity contribution is 7.89. The fourth-order valence-corrected chi connectivity index (χ4v) is 3.20. The van der Waals surface area contributed by atoms with Gasteiger partial charge in [-0.2, -0.15) is 5.10 Å². The van der Waals surface area contributed by atoms with Crippen LogP contribution >= 0.6 is 0 Å². The number of sulfonamides is 1. The third kappa shape index (κ3) is 3.91. The zero-order valence-electron chi connectivity index (χ0n) is 14.8. The summed E-state index contributed by atoms with van der Waals surface area (Å²) in [6, 6.07) is 10.7. The van der Waals surface area contributed by atoms with Crippen LogP contribution in [0.4, 0.5) is 4.39 Å². The number of nitrogens with zero attached hydrogens (tertiary/aromatic N) is 2. The van der Waals surface area contributed by atoms with Gasteiger partial charge in [0, 0.05) is 23.5 Å². The van der Waals surface area contributed by atoms with Crippen LogP contribution < -0.4 is 9.88 Å². The number of ether oxygens (including phenoxy) is 1. The zero-order valence-corrected chi connectivity index (χ0v) is 15.6. The third-order valence-corrected chi connectivity index (χ3v) is 4.88. The van der Waals surface area contributed by atoms with Gasteiger partial charge in [0.25, 0.3) is 0 Å². The first-order chi connectivity index (χ1) is 12.8. The van der Waals surface area contributed by atoms with Crippen molar-refractivity contribution in [1.29, 1.82) is 0 Å². The van der Waals surface area contributed by atoms with Gasteiger partial charge < -0.3 is 4.74 Å². The number of benzene rings is 2. The molecule has 0 saturated heterocycles. The lowest BCUT2D eigenvalue weighted by molar-refractivity contribution is 0.386. The molecule has 3 rings (SSSR count). The molecule has 0 spiro atoms. The summed E-state index contributed by atoms with van der Waals surface area (Å²) in [5.74, 6) is -0.331. The van der Waals surface area contributed by atoms with E-state index in [4.69, 9.17) is 9.88 Å². The number of allylic oxidation sites excluding steroid dienone is 1. The molecular weight excluding hydrogens is 369 g/mol.